The Balaban J connectivity index is 1.95. The largest absolute Gasteiger partial charge is 0.508 e. The molecule has 2 rings (SSSR count). The molecule has 0 heterocycles. The van der Waals surface area contributed by atoms with Crippen molar-refractivity contribution in [2.75, 3.05) is 6.54 Å². The molecule has 0 aliphatic heterocycles. The summed E-state index contributed by atoms with van der Waals surface area (Å²) in [5.74, 6) is 1.23. The smallest absolute Gasteiger partial charge is 0.115 e. The Hall–Kier alpha value is -1.02. The van der Waals surface area contributed by atoms with Crippen LogP contribution in [0.4, 0.5) is 0 Å². The highest BCUT2D eigenvalue weighted by Gasteiger charge is 2.30. The number of hydrogen-bond donors (Lipinski definition) is 2. The predicted molar refractivity (Wildman–Crippen MR) is 62.0 cm³/mol. The van der Waals surface area contributed by atoms with Crippen LogP contribution in [0.1, 0.15) is 25.3 Å². The molecule has 1 aliphatic carbocycles. The number of benzene rings is 1. The van der Waals surface area contributed by atoms with Gasteiger partial charge < -0.3 is 10.4 Å². The first kappa shape index (κ1) is 10.5. The number of phenols is 1. The molecule has 1 unspecified atom stereocenters. The quantitative estimate of drug-likeness (QED) is 0.773. The van der Waals surface area contributed by atoms with E-state index < -0.39 is 0 Å². The van der Waals surface area contributed by atoms with Gasteiger partial charge in [-0.05, 0) is 49.4 Å². The molecule has 0 saturated heterocycles. The molecule has 0 aromatic heterocycles. The van der Waals surface area contributed by atoms with Gasteiger partial charge in [0, 0.05) is 6.04 Å². The van der Waals surface area contributed by atoms with Gasteiger partial charge in [-0.3, -0.25) is 0 Å². The lowest BCUT2D eigenvalue weighted by Gasteiger charge is -2.17. The molecular formula is C13H19NO. The van der Waals surface area contributed by atoms with Crippen LogP contribution in [0.3, 0.4) is 0 Å². The average Bonchev–Trinajstić information content (AvgIpc) is 3.04. The second-order valence-corrected chi connectivity index (χ2v) is 4.37. The summed E-state index contributed by atoms with van der Waals surface area (Å²) in [4.78, 5) is 0. The van der Waals surface area contributed by atoms with Gasteiger partial charge in [0.05, 0.1) is 0 Å². The van der Waals surface area contributed by atoms with Gasteiger partial charge in [-0.2, -0.15) is 0 Å². The van der Waals surface area contributed by atoms with Crippen molar-refractivity contribution in [2.24, 2.45) is 5.92 Å². The van der Waals surface area contributed by atoms with Crippen LogP contribution in [0.2, 0.25) is 0 Å². The molecule has 2 nitrogen and oxygen atoms in total. The second-order valence-electron chi connectivity index (χ2n) is 4.37. The van der Waals surface area contributed by atoms with Crippen molar-refractivity contribution in [1.29, 1.82) is 0 Å². The topological polar surface area (TPSA) is 32.3 Å². The lowest BCUT2D eigenvalue weighted by atomic mass is 10.0. The van der Waals surface area contributed by atoms with E-state index in [0.29, 0.717) is 11.8 Å². The fourth-order valence-electron chi connectivity index (χ4n) is 2.05. The van der Waals surface area contributed by atoms with Crippen molar-refractivity contribution < 1.29 is 5.11 Å². The molecule has 0 spiro atoms. The Morgan fingerprint density at radius 3 is 2.53 bits per heavy atom. The summed E-state index contributed by atoms with van der Waals surface area (Å²) in [5, 5.41) is 12.7. The summed E-state index contributed by atoms with van der Waals surface area (Å²) >= 11 is 0. The van der Waals surface area contributed by atoms with Gasteiger partial charge in [-0.1, -0.05) is 19.1 Å². The maximum atomic E-state index is 9.20. The van der Waals surface area contributed by atoms with Crippen molar-refractivity contribution in [3.05, 3.63) is 29.8 Å². The molecule has 2 heteroatoms. The molecule has 1 saturated carbocycles. The third-order valence-corrected chi connectivity index (χ3v) is 3.05. The molecule has 1 fully saturated rings. The number of rotatable bonds is 5. The second kappa shape index (κ2) is 4.67. The number of likely N-dealkylation sites (N-methyl/N-ethyl adjacent to an activating group) is 1. The molecule has 15 heavy (non-hydrogen) atoms. The molecule has 0 amide bonds. The van der Waals surface area contributed by atoms with E-state index in [0.717, 1.165) is 18.9 Å². The van der Waals surface area contributed by atoms with Gasteiger partial charge in [-0.15, -0.1) is 0 Å². The van der Waals surface area contributed by atoms with Crippen molar-refractivity contribution >= 4 is 0 Å². The highest BCUT2D eigenvalue weighted by molar-refractivity contribution is 5.26. The van der Waals surface area contributed by atoms with E-state index in [-0.39, 0.29) is 0 Å². The Labute approximate surface area is 91.3 Å². The molecule has 0 radical (unpaired) electrons. The summed E-state index contributed by atoms with van der Waals surface area (Å²) in [6.07, 6.45) is 3.82. The van der Waals surface area contributed by atoms with Crippen molar-refractivity contribution in [3.63, 3.8) is 0 Å². The lowest BCUT2D eigenvalue weighted by molar-refractivity contribution is 0.467. The third-order valence-electron chi connectivity index (χ3n) is 3.05. The number of phenolic OH excluding ortho intramolecular Hbond substituents is 1. The molecular weight excluding hydrogens is 186 g/mol. The zero-order valence-electron chi connectivity index (χ0n) is 9.24. The molecule has 1 aromatic rings. The van der Waals surface area contributed by atoms with Gasteiger partial charge >= 0.3 is 0 Å². The maximum Gasteiger partial charge on any atom is 0.115 e. The summed E-state index contributed by atoms with van der Waals surface area (Å²) in [7, 11) is 0. The minimum atomic E-state index is 0.352. The van der Waals surface area contributed by atoms with Crippen LogP contribution in [0, 0.1) is 5.92 Å². The van der Waals surface area contributed by atoms with Crippen molar-refractivity contribution in [1.82, 2.24) is 5.32 Å². The van der Waals surface area contributed by atoms with Crippen LogP contribution in [0.25, 0.3) is 0 Å². The Bertz CT molecular complexity index is 303. The van der Waals surface area contributed by atoms with Gasteiger partial charge in [0.2, 0.25) is 0 Å². The van der Waals surface area contributed by atoms with Crippen molar-refractivity contribution in [3.8, 4) is 5.75 Å². The minimum absolute atomic E-state index is 0.352. The van der Waals surface area contributed by atoms with Crippen LogP contribution in [-0.4, -0.2) is 17.7 Å². The zero-order chi connectivity index (χ0) is 10.7. The lowest BCUT2D eigenvalue weighted by Crippen LogP contribution is -2.32. The van der Waals surface area contributed by atoms with Gasteiger partial charge in [0.25, 0.3) is 0 Å². The van der Waals surface area contributed by atoms with Crippen LogP contribution >= 0.6 is 0 Å². The summed E-state index contributed by atoms with van der Waals surface area (Å²) in [6, 6.07) is 8.19. The molecule has 82 valence electrons. The van der Waals surface area contributed by atoms with Crippen LogP contribution in [0.5, 0.6) is 5.75 Å². The fraction of sp³-hybridized carbons (Fsp3) is 0.538. The van der Waals surface area contributed by atoms with E-state index in [2.05, 4.69) is 12.2 Å². The van der Waals surface area contributed by atoms with E-state index in [4.69, 9.17) is 0 Å². The zero-order valence-corrected chi connectivity index (χ0v) is 9.24. The Morgan fingerprint density at radius 2 is 2.00 bits per heavy atom. The van der Waals surface area contributed by atoms with E-state index in [9.17, 15) is 5.11 Å². The van der Waals surface area contributed by atoms with Gasteiger partial charge in [0.15, 0.2) is 0 Å². The van der Waals surface area contributed by atoms with Crippen LogP contribution in [0.15, 0.2) is 24.3 Å². The van der Waals surface area contributed by atoms with Gasteiger partial charge in [0.1, 0.15) is 5.75 Å². The molecule has 1 atom stereocenters. The number of aromatic hydroxyl groups is 1. The molecule has 1 aromatic carbocycles. The fourth-order valence-corrected chi connectivity index (χ4v) is 2.05. The highest BCUT2D eigenvalue weighted by Crippen LogP contribution is 2.34. The summed E-state index contributed by atoms with van der Waals surface area (Å²) < 4.78 is 0. The van der Waals surface area contributed by atoms with E-state index in [1.165, 1.54) is 18.4 Å². The van der Waals surface area contributed by atoms with Crippen LogP contribution < -0.4 is 5.32 Å². The third kappa shape index (κ3) is 2.96. The van der Waals surface area contributed by atoms with Crippen LogP contribution in [-0.2, 0) is 6.42 Å². The highest BCUT2D eigenvalue weighted by atomic mass is 16.3. The predicted octanol–water partition coefficient (Wildman–Crippen LogP) is 2.32. The first-order valence-electron chi connectivity index (χ1n) is 5.81. The Morgan fingerprint density at radius 1 is 1.33 bits per heavy atom. The van der Waals surface area contributed by atoms with E-state index in [1.54, 1.807) is 12.1 Å². The molecule has 2 N–H and O–H groups in total. The minimum Gasteiger partial charge on any atom is -0.508 e. The van der Waals surface area contributed by atoms with Crippen molar-refractivity contribution in [2.45, 2.75) is 32.2 Å². The summed E-state index contributed by atoms with van der Waals surface area (Å²) in [6.45, 7) is 3.20. The first-order chi connectivity index (χ1) is 7.29. The maximum absolute atomic E-state index is 9.20. The van der Waals surface area contributed by atoms with E-state index in [1.807, 2.05) is 12.1 Å². The number of hydrogen-bond acceptors (Lipinski definition) is 2. The molecule has 0 bridgehead atoms. The van der Waals surface area contributed by atoms with E-state index >= 15 is 0 Å². The standard InChI is InChI=1S/C13H19NO/c1-2-14-13(11-5-6-11)9-10-3-7-12(15)8-4-10/h3-4,7-8,11,13-15H,2,5-6,9H2,1H3. The SMILES string of the molecule is CCNC(Cc1ccc(O)cc1)C1CC1. The monoisotopic (exact) mass is 205 g/mol. The molecule has 1 aliphatic rings. The average molecular weight is 205 g/mol. The first-order valence-corrected chi connectivity index (χ1v) is 5.81. The normalized spacial score (nSPS) is 17.7. The van der Waals surface area contributed by atoms with Gasteiger partial charge in [-0.25, -0.2) is 0 Å². The summed E-state index contributed by atoms with van der Waals surface area (Å²) in [5.41, 5.74) is 1.31. The Kier molecular flexibility index (Phi) is 3.27. The number of nitrogens with one attached hydrogen (secondary N) is 1.